The van der Waals surface area contributed by atoms with E-state index in [0.29, 0.717) is 23.8 Å². The number of hydrogen-bond donors (Lipinski definition) is 1. The molecule has 0 spiro atoms. The third kappa shape index (κ3) is 5.34. The van der Waals surface area contributed by atoms with Gasteiger partial charge in [-0.1, -0.05) is 48.0 Å². The van der Waals surface area contributed by atoms with Crippen LogP contribution in [0, 0.1) is 5.92 Å². The summed E-state index contributed by atoms with van der Waals surface area (Å²) in [6.07, 6.45) is 1.84. The number of nitrogens with zero attached hydrogens (tertiary/aromatic N) is 3. The molecule has 1 fully saturated rings. The summed E-state index contributed by atoms with van der Waals surface area (Å²) in [4.78, 5) is 20.3. The van der Waals surface area contributed by atoms with E-state index in [1.807, 2.05) is 42.5 Å². The van der Waals surface area contributed by atoms with Gasteiger partial charge in [0.1, 0.15) is 11.6 Å². The normalized spacial score (nSPS) is 16.3. The van der Waals surface area contributed by atoms with Crippen molar-refractivity contribution in [2.45, 2.75) is 25.9 Å². The molecule has 1 aromatic heterocycles. The first-order valence-corrected chi connectivity index (χ1v) is 12.3. The molecule has 6 nitrogen and oxygen atoms in total. The molecule has 4 aromatic rings. The number of carbonyl (C=O) groups excluding carboxylic acids is 1. The lowest BCUT2D eigenvalue weighted by molar-refractivity contribution is -0.121. The number of benzene rings is 3. The van der Waals surface area contributed by atoms with Crippen molar-refractivity contribution >= 4 is 34.2 Å². The highest BCUT2D eigenvalue weighted by Gasteiger charge is 2.27. The number of aromatic nitrogens is 2. The number of halogens is 1. The minimum Gasteiger partial charge on any atom is -0.497 e. The maximum absolute atomic E-state index is 13.0. The highest BCUT2D eigenvalue weighted by Crippen LogP contribution is 2.26. The van der Waals surface area contributed by atoms with Gasteiger partial charge in [-0.05, 0) is 61.3 Å². The molecule has 1 amide bonds. The SMILES string of the molecule is COc1ccc(Cn2c(CN3CCC[C@@H](C(=O)Nc4ccccc4Cl)C3)nc3ccccc32)cc1. The first-order valence-electron chi connectivity index (χ1n) is 12.0. The van der Waals surface area contributed by atoms with Gasteiger partial charge >= 0.3 is 0 Å². The Kier molecular flexibility index (Phi) is 7.02. The van der Waals surface area contributed by atoms with Crippen molar-refractivity contribution in [2.75, 3.05) is 25.5 Å². The lowest BCUT2D eigenvalue weighted by atomic mass is 9.97. The molecule has 1 saturated heterocycles. The van der Waals surface area contributed by atoms with E-state index in [1.54, 1.807) is 13.2 Å². The smallest absolute Gasteiger partial charge is 0.228 e. The van der Waals surface area contributed by atoms with Crippen LogP contribution in [0.15, 0.2) is 72.8 Å². The molecular weight excluding hydrogens is 460 g/mol. The number of amides is 1. The van der Waals surface area contributed by atoms with Crippen LogP contribution in [0.5, 0.6) is 5.75 Å². The Morgan fingerprint density at radius 3 is 2.63 bits per heavy atom. The number of methoxy groups -OCH3 is 1. The zero-order chi connectivity index (χ0) is 24.2. The third-order valence-corrected chi connectivity index (χ3v) is 6.94. The highest BCUT2D eigenvalue weighted by atomic mass is 35.5. The van der Waals surface area contributed by atoms with Crippen molar-refractivity contribution in [3.05, 3.63) is 89.2 Å². The summed E-state index contributed by atoms with van der Waals surface area (Å²) in [5, 5.41) is 3.57. The molecule has 1 N–H and O–H groups in total. The van der Waals surface area contributed by atoms with Crippen molar-refractivity contribution in [3.63, 3.8) is 0 Å². The molecule has 0 radical (unpaired) electrons. The van der Waals surface area contributed by atoms with Crippen LogP contribution in [0.1, 0.15) is 24.2 Å². The van der Waals surface area contributed by atoms with Crippen LogP contribution in [-0.2, 0) is 17.9 Å². The number of piperidine rings is 1. The van der Waals surface area contributed by atoms with E-state index >= 15 is 0 Å². The summed E-state index contributed by atoms with van der Waals surface area (Å²) in [5.74, 6) is 1.79. The molecule has 0 aliphatic carbocycles. The lowest BCUT2D eigenvalue weighted by Gasteiger charge is -2.32. The summed E-state index contributed by atoms with van der Waals surface area (Å²) in [6, 6.07) is 23.8. The number of para-hydroxylation sites is 3. The Morgan fingerprint density at radius 1 is 1.06 bits per heavy atom. The molecule has 7 heteroatoms. The molecule has 180 valence electrons. The largest absolute Gasteiger partial charge is 0.497 e. The molecule has 35 heavy (non-hydrogen) atoms. The maximum atomic E-state index is 13.0. The fraction of sp³-hybridized carbons (Fsp3) is 0.286. The Hall–Kier alpha value is -3.35. The Morgan fingerprint density at radius 2 is 1.83 bits per heavy atom. The number of rotatable bonds is 7. The quantitative estimate of drug-likeness (QED) is 0.368. The average molecular weight is 489 g/mol. The number of carbonyl (C=O) groups is 1. The van der Waals surface area contributed by atoms with Crippen LogP contribution in [0.2, 0.25) is 5.02 Å². The zero-order valence-electron chi connectivity index (χ0n) is 19.8. The Bertz CT molecular complexity index is 1320. The van der Waals surface area contributed by atoms with E-state index in [1.165, 1.54) is 5.56 Å². The van der Waals surface area contributed by atoms with E-state index in [9.17, 15) is 4.79 Å². The van der Waals surface area contributed by atoms with Crippen molar-refractivity contribution in [2.24, 2.45) is 5.92 Å². The summed E-state index contributed by atoms with van der Waals surface area (Å²) >= 11 is 6.24. The van der Waals surface area contributed by atoms with Gasteiger partial charge < -0.3 is 14.6 Å². The van der Waals surface area contributed by atoms with Crippen molar-refractivity contribution in [1.82, 2.24) is 14.5 Å². The molecule has 5 rings (SSSR count). The van der Waals surface area contributed by atoms with Crippen LogP contribution in [0.25, 0.3) is 11.0 Å². The topological polar surface area (TPSA) is 59.4 Å². The number of likely N-dealkylation sites (tertiary alicyclic amines) is 1. The second kappa shape index (κ2) is 10.5. The fourth-order valence-electron chi connectivity index (χ4n) is 4.75. The van der Waals surface area contributed by atoms with Gasteiger partial charge in [0.15, 0.2) is 0 Å². The molecule has 1 aliphatic rings. The molecular formula is C28H29ClN4O2. The van der Waals surface area contributed by atoms with E-state index in [0.717, 1.165) is 48.5 Å². The van der Waals surface area contributed by atoms with Gasteiger partial charge in [-0.25, -0.2) is 4.98 Å². The van der Waals surface area contributed by atoms with Crippen LogP contribution in [0.3, 0.4) is 0 Å². The summed E-state index contributed by atoms with van der Waals surface area (Å²) < 4.78 is 7.59. The van der Waals surface area contributed by atoms with Crippen LogP contribution < -0.4 is 10.1 Å². The number of nitrogens with one attached hydrogen (secondary N) is 1. The van der Waals surface area contributed by atoms with Gasteiger partial charge in [-0.15, -0.1) is 0 Å². The van der Waals surface area contributed by atoms with Gasteiger partial charge in [0.2, 0.25) is 5.91 Å². The van der Waals surface area contributed by atoms with Crippen LogP contribution in [0.4, 0.5) is 5.69 Å². The molecule has 2 heterocycles. The molecule has 1 atom stereocenters. The molecule has 0 unspecified atom stereocenters. The minimum absolute atomic E-state index is 0.0227. The van der Waals surface area contributed by atoms with E-state index in [-0.39, 0.29) is 11.8 Å². The van der Waals surface area contributed by atoms with Gasteiger partial charge in [0, 0.05) is 13.1 Å². The van der Waals surface area contributed by atoms with Crippen molar-refractivity contribution < 1.29 is 9.53 Å². The molecule has 0 bridgehead atoms. The lowest BCUT2D eigenvalue weighted by Crippen LogP contribution is -2.40. The summed E-state index contributed by atoms with van der Waals surface area (Å²) in [7, 11) is 1.68. The molecule has 3 aromatic carbocycles. The second-order valence-corrected chi connectivity index (χ2v) is 9.40. The molecule has 0 saturated carbocycles. The van der Waals surface area contributed by atoms with E-state index in [2.05, 4.69) is 39.0 Å². The summed E-state index contributed by atoms with van der Waals surface area (Å²) in [5.41, 5.74) is 3.95. The second-order valence-electron chi connectivity index (χ2n) is 8.99. The van der Waals surface area contributed by atoms with E-state index in [4.69, 9.17) is 21.3 Å². The Balaban J connectivity index is 1.33. The van der Waals surface area contributed by atoms with Gasteiger partial charge in [0.25, 0.3) is 0 Å². The van der Waals surface area contributed by atoms with Gasteiger partial charge in [-0.3, -0.25) is 9.69 Å². The first kappa shape index (κ1) is 23.4. The maximum Gasteiger partial charge on any atom is 0.228 e. The minimum atomic E-state index is -0.0839. The van der Waals surface area contributed by atoms with Crippen LogP contribution >= 0.6 is 11.6 Å². The van der Waals surface area contributed by atoms with Crippen molar-refractivity contribution in [1.29, 1.82) is 0 Å². The van der Waals surface area contributed by atoms with Gasteiger partial charge in [0.05, 0.1) is 41.3 Å². The number of anilines is 1. The third-order valence-electron chi connectivity index (χ3n) is 6.61. The average Bonchev–Trinajstić information content (AvgIpc) is 3.22. The zero-order valence-corrected chi connectivity index (χ0v) is 20.5. The number of hydrogen-bond acceptors (Lipinski definition) is 4. The molecule has 1 aliphatic heterocycles. The standard InChI is InChI=1S/C28H29ClN4O2/c1-35-22-14-12-20(13-15-22)17-33-26-11-5-4-10-25(26)30-27(33)19-32-16-6-7-21(18-32)28(34)31-24-9-3-2-8-23(24)29/h2-5,8-15,21H,6-7,16-19H2,1H3,(H,31,34)/t21-/m1/s1. The number of imidazole rings is 1. The Labute approximate surface area is 210 Å². The summed E-state index contributed by atoms with van der Waals surface area (Å²) in [6.45, 7) is 3.06. The monoisotopic (exact) mass is 488 g/mol. The van der Waals surface area contributed by atoms with Crippen LogP contribution in [-0.4, -0.2) is 40.6 Å². The van der Waals surface area contributed by atoms with Gasteiger partial charge in [-0.2, -0.15) is 0 Å². The number of fused-ring (bicyclic) bond motifs is 1. The van der Waals surface area contributed by atoms with Crippen molar-refractivity contribution in [3.8, 4) is 5.75 Å². The number of ether oxygens (including phenoxy) is 1. The fourth-order valence-corrected chi connectivity index (χ4v) is 4.93. The predicted octanol–water partition coefficient (Wildman–Crippen LogP) is 5.60. The van der Waals surface area contributed by atoms with E-state index < -0.39 is 0 Å². The first-order chi connectivity index (χ1) is 17.1. The predicted molar refractivity (Wildman–Crippen MR) is 140 cm³/mol. The highest BCUT2D eigenvalue weighted by molar-refractivity contribution is 6.33.